The third-order valence-corrected chi connectivity index (χ3v) is 3.12. The lowest BCUT2D eigenvalue weighted by molar-refractivity contribution is 0.149. The van der Waals surface area contributed by atoms with E-state index >= 15 is 0 Å². The smallest absolute Gasteiger partial charge is 0.129 e. The summed E-state index contributed by atoms with van der Waals surface area (Å²) in [6.45, 7) is 5.55. The zero-order valence-corrected chi connectivity index (χ0v) is 10.8. The second-order valence-corrected chi connectivity index (χ2v) is 4.45. The summed E-state index contributed by atoms with van der Waals surface area (Å²) in [5, 5.41) is 10.6. The molecule has 1 aromatic rings. The maximum Gasteiger partial charge on any atom is 0.129 e. The molecule has 0 saturated carbocycles. The third kappa shape index (κ3) is 2.32. The molecule has 1 aromatic carbocycles. The first-order chi connectivity index (χ1) is 7.40. The van der Waals surface area contributed by atoms with E-state index in [4.69, 9.17) is 22.1 Å². The van der Waals surface area contributed by atoms with Crippen molar-refractivity contribution in [1.29, 1.82) is 0 Å². The van der Waals surface area contributed by atoms with Crippen LogP contribution in [0.3, 0.4) is 0 Å². The van der Waals surface area contributed by atoms with Gasteiger partial charge in [-0.05, 0) is 31.9 Å². The molecule has 3 N–H and O–H groups in total. The highest BCUT2D eigenvalue weighted by atomic mass is 35.5. The minimum absolute atomic E-state index is 0.396. The molecule has 1 rings (SSSR count). The van der Waals surface area contributed by atoms with Crippen LogP contribution < -0.4 is 10.5 Å². The van der Waals surface area contributed by atoms with Gasteiger partial charge in [-0.15, -0.1) is 0 Å². The van der Waals surface area contributed by atoms with Crippen molar-refractivity contribution in [1.82, 2.24) is 0 Å². The monoisotopic (exact) mass is 243 g/mol. The molecule has 0 aromatic heterocycles. The molecule has 2 unspecified atom stereocenters. The van der Waals surface area contributed by atoms with Crippen LogP contribution in [0.15, 0.2) is 6.07 Å². The molecule has 0 saturated heterocycles. The first kappa shape index (κ1) is 13.3. The summed E-state index contributed by atoms with van der Waals surface area (Å²) in [6, 6.07) is 1.53. The van der Waals surface area contributed by atoms with Crippen molar-refractivity contribution >= 4 is 11.6 Å². The van der Waals surface area contributed by atoms with Gasteiger partial charge in [-0.3, -0.25) is 0 Å². The molecule has 0 amide bonds. The number of aryl methyl sites for hydroxylation is 2. The lowest BCUT2D eigenvalue weighted by atomic mass is 9.97. The SMILES string of the molecule is COc1c(C)cc(C)c(Cl)c1C(O)C(C)N. The number of hydrogen-bond donors (Lipinski definition) is 2. The second-order valence-electron chi connectivity index (χ2n) is 4.08. The summed E-state index contributed by atoms with van der Waals surface area (Å²) < 4.78 is 5.28. The Kier molecular flexibility index (Phi) is 4.19. The third-order valence-electron chi connectivity index (χ3n) is 2.62. The fourth-order valence-electron chi connectivity index (χ4n) is 1.78. The fraction of sp³-hybridized carbons (Fsp3) is 0.500. The molecule has 0 fully saturated rings. The van der Waals surface area contributed by atoms with Crippen LogP contribution in [0, 0.1) is 13.8 Å². The van der Waals surface area contributed by atoms with Crippen molar-refractivity contribution in [3.8, 4) is 5.75 Å². The molecule has 90 valence electrons. The van der Waals surface area contributed by atoms with Crippen LogP contribution in [0.5, 0.6) is 5.75 Å². The van der Waals surface area contributed by atoms with E-state index in [0.29, 0.717) is 16.3 Å². The number of rotatable bonds is 3. The van der Waals surface area contributed by atoms with E-state index in [-0.39, 0.29) is 0 Å². The molecule has 0 heterocycles. The van der Waals surface area contributed by atoms with Gasteiger partial charge in [0.25, 0.3) is 0 Å². The molecule has 3 nitrogen and oxygen atoms in total. The lowest BCUT2D eigenvalue weighted by Gasteiger charge is -2.22. The van der Waals surface area contributed by atoms with E-state index in [1.54, 1.807) is 14.0 Å². The molecule has 0 aliphatic heterocycles. The number of aliphatic hydroxyl groups is 1. The zero-order chi connectivity index (χ0) is 12.5. The van der Waals surface area contributed by atoms with E-state index in [1.165, 1.54) is 0 Å². The summed E-state index contributed by atoms with van der Waals surface area (Å²) in [7, 11) is 1.56. The Balaban J connectivity index is 3.44. The average Bonchev–Trinajstić information content (AvgIpc) is 2.21. The molecule has 0 bridgehead atoms. The van der Waals surface area contributed by atoms with Crippen LogP contribution in [-0.2, 0) is 0 Å². The van der Waals surface area contributed by atoms with E-state index in [2.05, 4.69) is 0 Å². The number of ether oxygens (including phenoxy) is 1. The van der Waals surface area contributed by atoms with Crippen molar-refractivity contribution in [2.24, 2.45) is 5.73 Å². The first-order valence-electron chi connectivity index (χ1n) is 5.17. The van der Waals surface area contributed by atoms with Gasteiger partial charge >= 0.3 is 0 Å². The predicted octanol–water partition coefficient (Wildman–Crippen LogP) is 2.35. The van der Waals surface area contributed by atoms with Crippen LogP contribution in [0.1, 0.15) is 29.7 Å². The van der Waals surface area contributed by atoms with Gasteiger partial charge in [-0.2, -0.15) is 0 Å². The predicted molar refractivity (Wildman–Crippen MR) is 66.1 cm³/mol. The van der Waals surface area contributed by atoms with Crippen molar-refractivity contribution in [3.63, 3.8) is 0 Å². The van der Waals surface area contributed by atoms with Gasteiger partial charge in [0, 0.05) is 11.6 Å². The average molecular weight is 244 g/mol. The van der Waals surface area contributed by atoms with Crippen LogP contribution in [0.2, 0.25) is 5.02 Å². The zero-order valence-electron chi connectivity index (χ0n) is 10.0. The number of halogens is 1. The topological polar surface area (TPSA) is 55.5 Å². The highest BCUT2D eigenvalue weighted by Gasteiger charge is 2.23. The van der Waals surface area contributed by atoms with Gasteiger partial charge in [-0.1, -0.05) is 17.7 Å². The van der Waals surface area contributed by atoms with Crippen LogP contribution in [0.4, 0.5) is 0 Å². The van der Waals surface area contributed by atoms with Crippen molar-refractivity contribution in [2.75, 3.05) is 7.11 Å². The number of benzene rings is 1. The van der Waals surface area contributed by atoms with Gasteiger partial charge in [0.2, 0.25) is 0 Å². The van der Waals surface area contributed by atoms with Crippen molar-refractivity contribution in [2.45, 2.75) is 32.9 Å². The van der Waals surface area contributed by atoms with Crippen LogP contribution in [-0.4, -0.2) is 18.3 Å². The molecular weight excluding hydrogens is 226 g/mol. The Labute approximate surface area is 101 Å². The van der Waals surface area contributed by atoms with Crippen molar-refractivity contribution < 1.29 is 9.84 Å². The van der Waals surface area contributed by atoms with Gasteiger partial charge < -0.3 is 15.6 Å². The minimum Gasteiger partial charge on any atom is -0.496 e. The van der Waals surface area contributed by atoms with Gasteiger partial charge in [-0.25, -0.2) is 0 Å². The lowest BCUT2D eigenvalue weighted by Crippen LogP contribution is -2.25. The molecular formula is C12H18ClNO2. The molecule has 0 spiro atoms. The Bertz CT molecular complexity index is 391. The largest absolute Gasteiger partial charge is 0.496 e. The highest BCUT2D eigenvalue weighted by molar-refractivity contribution is 6.32. The molecule has 0 aliphatic rings. The Hall–Kier alpha value is -0.770. The number of hydrogen-bond acceptors (Lipinski definition) is 3. The number of nitrogens with two attached hydrogens (primary N) is 1. The summed E-state index contributed by atoms with van der Waals surface area (Å²) in [5.41, 5.74) is 8.13. The van der Waals surface area contributed by atoms with Crippen molar-refractivity contribution in [3.05, 3.63) is 27.8 Å². The fourth-order valence-corrected chi connectivity index (χ4v) is 2.03. The van der Waals surface area contributed by atoms with Crippen LogP contribution in [0.25, 0.3) is 0 Å². The Morgan fingerprint density at radius 3 is 2.38 bits per heavy atom. The van der Waals surface area contributed by atoms with Crippen LogP contribution >= 0.6 is 11.6 Å². The maximum absolute atomic E-state index is 10.0. The quantitative estimate of drug-likeness (QED) is 0.857. The van der Waals surface area contributed by atoms with Gasteiger partial charge in [0.1, 0.15) is 5.75 Å². The van der Waals surface area contributed by atoms with E-state index in [1.807, 2.05) is 19.9 Å². The molecule has 0 radical (unpaired) electrons. The van der Waals surface area contributed by atoms with Gasteiger partial charge in [0.05, 0.1) is 18.2 Å². The highest BCUT2D eigenvalue weighted by Crippen LogP contribution is 2.38. The van der Waals surface area contributed by atoms with E-state index < -0.39 is 12.1 Å². The second kappa shape index (κ2) is 5.04. The maximum atomic E-state index is 10.0. The number of aliphatic hydroxyl groups excluding tert-OH is 1. The Morgan fingerprint density at radius 1 is 1.38 bits per heavy atom. The summed E-state index contributed by atoms with van der Waals surface area (Å²) in [6.07, 6.45) is -0.818. The summed E-state index contributed by atoms with van der Waals surface area (Å²) >= 11 is 6.19. The first-order valence-corrected chi connectivity index (χ1v) is 5.55. The standard InChI is InChI=1S/C12H18ClNO2/c1-6-5-7(2)12(16-4)9(10(6)13)11(15)8(3)14/h5,8,11,15H,14H2,1-4H3. The van der Waals surface area contributed by atoms with E-state index in [9.17, 15) is 5.11 Å². The summed E-state index contributed by atoms with van der Waals surface area (Å²) in [5.74, 6) is 0.611. The van der Waals surface area contributed by atoms with Gasteiger partial charge in [0.15, 0.2) is 0 Å². The van der Waals surface area contributed by atoms with E-state index in [0.717, 1.165) is 11.1 Å². The minimum atomic E-state index is -0.818. The summed E-state index contributed by atoms with van der Waals surface area (Å²) in [4.78, 5) is 0. The molecule has 16 heavy (non-hydrogen) atoms. The Morgan fingerprint density at radius 2 is 1.94 bits per heavy atom. The normalized spacial score (nSPS) is 14.7. The molecule has 0 aliphatic carbocycles. The molecule has 2 atom stereocenters. The number of methoxy groups -OCH3 is 1. The molecule has 4 heteroatoms.